The van der Waals surface area contributed by atoms with Gasteiger partial charge in [-0.15, -0.1) is 0 Å². The molecule has 5 nitrogen and oxygen atoms in total. The van der Waals surface area contributed by atoms with E-state index in [1.54, 1.807) is 0 Å². The number of amides is 1. The second-order valence-corrected chi connectivity index (χ2v) is 4.23. The van der Waals surface area contributed by atoms with Gasteiger partial charge in [0.1, 0.15) is 0 Å². The fourth-order valence-electron chi connectivity index (χ4n) is 1.28. The summed E-state index contributed by atoms with van der Waals surface area (Å²) in [5.41, 5.74) is 7.36. The summed E-state index contributed by atoms with van der Waals surface area (Å²) in [5.74, 6) is 0.157. The minimum Gasteiger partial charge on any atom is -0.320 e. The zero-order chi connectivity index (χ0) is 12.3. The lowest BCUT2D eigenvalue weighted by Crippen LogP contribution is -2.40. The van der Waals surface area contributed by atoms with Crippen LogP contribution in [-0.2, 0) is 4.79 Å². The molecule has 0 radical (unpaired) electrons. The zero-order valence-corrected chi connectivity index (χ0v) is 10.1. The standard InChI is InChI=1S/C11H18N4O/c1-6(2)9(12)10(16)15-11-13-7(3)5-8(4)14-11/h5-6,9H,12H2,1-4H3,(H,13,14,15,16). The molecular formula is C11H18N4O. The molecule has 0 bridgehead atoms. The van der Waals surface area contributed by atoms with Gasteiger partial charge >= 0.3 is 0 Å². The summed E-state index contributed by atoms with van der Waals surface area (Å²) in [7, 11) is 0. The Hall–Kier alpha value is -1.49. The van der Waals surface area contributed by atoms with Gasteiger partial charge in [-0.1, -0.05) is 13.8 Å². The van der Waals surface area contributed by atoms with Crippen LogP contribution in [0.15, 0.2) is 6.07 Å². The van der Waals surface area contributed by atoms with E-state index in [0.29, 0.717) is 5.95 Å². The van der Waals surface area contributed by atoms with Crippen molar-refractivity contribution in [3.63, 3.8) is 0 Å². The van der Waals surface area contributed by atoms with Crippen molar-refractivity contribution >= 4 is 11.9 Å². The summed E-state index contributed by atoms with van der Waals surface area (Å²) in [5, 5.41) is 2.62. The monoisotopic (exact) mass is 222 g/mol. The molecule has 88 valence electrons. The molecule has 0 aromatic carbocycles. The van der Waals surface area contributed by atoms with Crippen molar-refractivity contribution in [2.24, 2.45) is 11.7 Å². The first-order valence-electron chi connectivity index (χ1n) is 5.29. The predicted octanol–water partition coefficient (Wildman–Crippen LogP) is 1.02. The molecule has 1 rings (SSSR count). The van der Waals surface area contributed by atoms with Crippen LogP contribution in [0.4, 0.5) is 5.95 Å². The van der Waals surface area contributed by atoms with E-state index in [4.69, 9.17) is 5.73 Å². The first-order chi connectivity index (χ1) is 7.40. The number of nitrogens with zero attached hydrogens (tertiary/aromatic N) is 2. The Labute approximate surface area is 95.5 Å². The highest BCUT2D eigenvalue weighted by Gasteiger charge is 2.18. The van der Waals surface area contributed by atoms with E-state index in [0.717, 1.165) is 11.4 Å². The lowest BCUT2D eigenvalue weighted by Gasteiger charge is -2.14. The van der Waals surface area contributed by atoms with E-state index in [2.05, 4.69) is 15.3 Å². The van der Waals surface area contributed by atoms with Gasteiger partial charge in [0, 0.05) is 11.4 Å². The van der Waals surface area contributed by atoms with Crippen molar-refractivity contribution in [3.8, 4) is 0 Å². The lowest BCUT2D eigenvalue weighted by atomic mass is 10.1. The number of nitrogens with two attached hydrogens (primary N) is 1. The van der Waals surface area contributed by atoms with E-state index in [9.17, 15) is 4.79 Å². The second-order valence-electron chi connectivity index (χ2n) is 4.23. The molecule has 1 amide bonds. The first-order valence-corrected chi connectivity index (χ1v) is 5.29. The summed E-state index contributed by atoms with van der Waals surface area (Å²) >= 11 is 0. The van der Waals surface area contributed by atoms with Gasteiger partial charge in [-0.2, -0.15) is 0 Å². The molecule has 0 saturated carbocycles. The van der Waals surface area contributed by atoms with Gasteiger partial charge in [0.15, 0.2) is 0 Å². The van der Waals surface area contributed by atoms with E-state index in [-0.39, 0.29) is 11.8 Å². The lowest BCUT2D eigenvalue weighted by molar-refractivity contribution is -0.118. The zero-order valence-electron chi connectivity index (χ0n) is 10.1. The molecule has 1 unspecified atom stereocenters. The van der Waals surface area contributed by atoms with Gasteiger partial charge in [-0.05, 0) is 25.8 Å². The number of carbonyl (C=O) groups is 1. The molecule has 1 aromatic rings. The molecule has 16 heavy (non-hydrogen) atoms. The average molecular weight is 222 g/mol. The number of nitrogens with one attached hydrogen (secondary N) is 1. The predicted molar refractivity (Wildman–Crippen MR) is 62.9 cm³/mol. The van der Waals surface area contributed by atoms with Crippen LogP contribution in [0.1, 0.15) is 25.2 Å². The van der Waals surface area contributed by atoms with Crippen LogP contribution in [0.3, 0.4) is 0 Å². The molecule has 0 saturated heterocycles. The number of hydrogen-bond donors (Lipinski definition) is 2. The molecule has 0 fully saturated rings. The summed E-state index contributed by atoms with van der Waals surface area (Å²) in [4.78, 5) is 19.9. The van der Waals surface area contributed by atoms with Gasteiger partial charge in [0.2, 0.25) is 11.9 Å². The molecular weight excluding hydrogens is 204 g/mol. The largest absolute Gasteiger partial charge is 0.320 e. The number of aromatic nitrogens is 2. The fourth-order valence-corrected chi connectivity index (χ4v) is 1.28. The normalized spacial score (nSPS) is 12.6. The highest BCUT2D eigenvalue weighted by molar-refractivity contribution is 5.93. The van der Waals surface area contributed by atoms with Crippen LogP contribution >= 0.6 is 0 Å². The molecule has 0 aliphatic heterocycles. The third-order valence-electron chi connectivity index (χ3n) is 2.24. The minimum atomic E-state index is -0.538. The SMILES string of the molecule is Cc1cc(C)nc(NC(=O)C(N)C(C)C)n1. The topological polar surface area (TPSA) is 80.9 Å². The summed E-state index contributed by atoms with van der Waals surface area (Å²) in [6.45, 7) is 7.50. The van der Waals surface area contributed by atoms with Gasteiger partial charge in [0.25, 0.3) is 0 Å². The number of rotatable bonds is 3. The molecule has 0 aliphatic carbocycles. The Morgan fingerprint density at radius 2 is 1.81 bits per heavy atom. The first kappa shape index (κ1) is 12.6. The Kier molecular flexibility index (Phi) is 3.95. The number of anilines is 1. The summed E-state index contributed by atoms with van der Waals surface area (Å²) < 4.78 is 0. The van der Waals surface area contributed by atoms with Crippen LogP contribution < -0.4 is 11.1 Å². The fraction of sp³-hybridized carbons (Fsp3) is 0.545. The van der Waals surface area contributed by atoms with Crippen molar-refractivity contribution in [1.29, 1.82) is 0 Å². The van der Waals surface area contributed by atoms with Crippen molar-refractivity contribution in [2.45, 2.75) is 33.7 Å². The van der Waals surface area contributed by atoms with Crippen LogP contribution in [-0.4, -0.2) is 21.9 Å². The molecule has 1 heterocycles. The second kappa shape index (κ2) is 5.03. The van der Waals surface area contributed by atoms with E-state index in [1.807, 2.05) is 33.8 Å². The van der Waals surface area contributed by atoms with Gasteiger partial charge in [-0.25, -0.2) is 9.97 Å². The van der Waals surface area contributed by atoms with Crippen LogP contribution in [0.25, 0.3) is 0 Å². The van der Waals surface area contributed by atoms with Gasteiger partial charge < -0.3 is 5.73 Å². The third-order valence-corrected chi connectivity index (χ3v) is 2.24. The van der Waals surface area contributed by atoms with Crippen LogP contribution in [0.2, 0.25) is 0 Å². The molecule has 1 aromatic heterocycles. The smallest absolute Gasteiger partial charge is 0.243 e. The molecule has 0 spiro atoms. The number of carbonyl (C=O) groups excluding carboxylic acids is 1. The number of hydrogen-bond acceptors (Lipinski definition) is 4. The van der Waals surface area contributed by atoms with Crippen molar-refractivity contribution < 1.29 is 4.79 Å². The molecule has 5 heteroatoms. The maximum atomic E-state index is 11.7. The Morgan fingerprint density at radius 3 is 2.25 bits per heavy atom. The Balaban J connectivity index is 2.77. The highest BCUT2D eigenvalue weighted by atomic mass is 16.2. The maximum Gasteiger partial charge on any atom is 0.243 e. The highest BCUT2D eigenvalue weighted by Crippen LogP contribution is 2.06. The van der Waals surface area contributed by atoms with Crippen molar-refractivity contribution in [3.05, 3.63) is 17.5 Å². The van der Waals surface area contributed by atoms with Crippen molar-refractivity contribution in [1.82, 2.24) is 9.97 Å². The molecule has 3 N–H and O–H groups in total. The van der Waals surface area contributed by atoms with E-state index >= 15 is 0 Å². The Bertz CT molecular complexity index is 369. The average Bonchev–Trinajstić information content (AvgIpc) is 2.14. The van der Waals surface area contributed by atoms with E-state index < -0.39 is 6.04 Å². The molecule has 0 aliphatic rings. The quantitative estimate of drug-likeness (QED) is 0.800. The maximum absolute atomic E-state index is 11.7. The molecule has 1 atom stereocenters. The van der Waals surface area contributed by atoms with Gasteiger partial charge in [0.05, 0.1) is 6.04 Å². The summed E-state index contributed by atoms with van der Waals surface area (Å²) in [6.07, 6.45) is 0. The van der Waals surface area contributed by atoms with Crippen molar-refractivity contribution in [2.75, 3.05) is 5.32 Å². The Morgan fingerprint density at radius 1 is 1.31 bits per heavy atom. The van der Waals surface area contributed by atoms with Crippen LogP contribution in [0.5, 0.6) is 0 Å². The third kappa shape index (κ3) is 3.27. The van der Waals surface area contributed by atoms with Crippen LogP contribution in [0, 0.1) is 19.8 Å². The minimum absolute atomic E-state index is 0.0888. The van der Waals surface area contributed by atoms with Gasteiger partial charge in [-0.3, -0.25) is 10.1 Å². The number of aryl methyl sites for hydroxylation is 2. The summed E-state index contributed by atoms with van der Waals surface area (Å²) in [6, 6.07) is 1.31. The van der Waals surface area contributed by atoms with E-state index in [1.165, 1.54) is 0 Å².